The van der Waals surface area contributed by atoms with E-state index in [9.17, 15) is 0 Å². The zero-order valence-electron chi connectivity index (χ0n) is 14.0. The highest BCUT2D eigenvalue weighted by molar-refractivity contribution is 4.73. The third-order valence-electron chi connectivity index (χ3n) is 5.07. The molecule has 2 nitrogen and oxygen atoms in total. The zero-order chi connectivity index (χ0) is 14.6. The van der Waals surface area contributed by atoms with Gasteiger partial charge in [-0.05, 0) is 51.5 Å². The molecule has 2 fully saturated rings. The molecule has 0 aromatic carbocycles. The van der Waals surface area contributed by atoms with Crippen LogP contribution in [-0.2, 0) is 0 Å². The zero-order valence-corrected chi connectivity index (χ0v) is 14.0. The van der Waals surface area contributed by atoms with Crippen molar-refractivity contribution in [1.29, 1.82) is 0 Å². The van der Waals surface area contributed by atoms with Crippen LogP contribution in [0.4, 0.5) is 0 Å². The van der Waals surface area contributed by atoms with Gasteiger partial charge in [0.15, 0.2) is 0 Å². The molecular formula is C18H38N2. The summed E-state index contributed by atoms with van der Waals surface area (Å²) in [7, 11) is 2.07. The van der Waals surface area contributed by atoms with E-state index in [0.717, 1.165) is 12.0 Å². The molecule has 0 aliphatic heterocycles. The first-order valence-electron chi connectivity index (χ1n) is 9.15. The summed E-state index contributed by atoms with van der Waals surface area (Å²) in [4.78, 5) is 0. The first-order valence-corrected chi connectivity index (χ1v) is 9.15. The van der Waals surface area contributed by atoms with Gasteiger partial charge in [0.2, 0.25) is 0 Å². The maximum atomic E-state index is 5.92. The summed E-state index contributed by atoms with van der Waals surface area (Å²) < 4.78 is 0. The lowest BCUT2D eigenvalue weighted by Gasteiger charge is -2.25. The fourth-order valence-electron chi connectivity index (χ4n) is 3.39. The van der Waals surface area contributed by atoms with Crippen molar-refractivity contribution in [2.45, 2.75) is 102 Å². The highest BCUT2D eigenvalue weighted by Crippen LogP contribution is 2.22. The van der Waals surface area contributed by atoms with E-state index >= 15 is 0 Å². The highest BCUT2D eigenvalue weighted by atomic mass is 14.9. The van der Waals surface area contributed by atoms with Gasteiger partial charge in [-0.2, -0.15) is 0 Å². The minimum absolute atomic E-state index is 0.507. The molecule has 0 bridgehead atoms. The lowest BCUT2D eigenvalue weighted by molar-refractivity contribution is 0.319. The fourth-order valence-corrected chi connectivity index (χ4v) is 3.39. The van der Waals surface area contributed by atoms with Crippen molar-refractivity contribution in [3.05, 3.63) is 0 Å². The summed E-state index contributed by atoms with van der Waals surface area (Å²) in [6, 6.07) is 1.33. The normalized spacial score (nSPS) is 30.1. The van der Waals surface area contributed by atoms with Gasteiger partial charge >= 0.3 is 0 Å². The van der Waals surface area contributed by atoms with Crippen LogP contribution in [0.1, 0.15) is 90.4 Å². The average Bonchev–Trinajstić information content (AvgIpc) is 2.48. The van der Waals surface area contributed by atoms with Gasteiger partial charge in [-0.25, -0.2) is 0 Å². The third-order valence-corrected chi connectivity index (χ3v) is 5.07. The van der Waals surface area contributed by atoms with Gasteiger partial charge in [0, 0.05) is 12.1 Å². The molecule has 2 aliphatic rings. The number of nitrogens with one attached hydrogen (secondary N) is 1. The SMILES string of the molecule is CNC1CCC(C)CC1.NC1CCCCCCCCC1. The maximum absolute atomic E-state index is 5.92. The van der Waals surface area contributed by atoms with E-state index in [1.54, 1.807) is 0 Å². The maximum Gasteiger partial charge on any atom is 0.00642 e. The molecule has 0 radical (unpaired) electrons. The molecule has 3 N–H and O–H groups in total. The fraction of sp³-hybridized carbons (Fsp3) is 1.00. The quantitative estimate of drug-likeness (QED) is 0.736. The number of nitrogens with two attached hydrogens (primary N) is 1. The van der Waals surface area contributed by atoms with Crippen LogP contribution in [0.3, 0.4) is 0 Å². The van der Waals surface area contributed by atoms with E-state index in [2.05, 4.69) is 19.3 Å². The Morgan fingerprint density at radius 2 is 1.15 bits per heavy atom. The summed E-state index contributed by atoms with van der Waals surface area (Å²) in [5.41, 5.74) is 5.92. The van der Waals surface area contributed by atoms with Gasteiger partial charge < -0.3 is 11.1 Å². The van der Waals surface area contributed by atoms with Crippen LogP contribution in [0.15, 0.2) is 0 Å². The lowest BCUT2D eigenvalue weighted by atomic mass is 9.87. The Morgan fingerprint density at radius 3 is 1.60 bits per heavy atom. The van der Waals surface area contributed by atoms with Crippen LogP contribution in [0.25, 0.3) is 0 Å². The van der Waals surface area contributed by atoms with Gasteiger partial charge in [0.1, 0.15) is 0 Å². The summed E-state index contributed by atoms with van der Waals surface area (Å²) in [6.07, 6.45) is 18.0. The summed E-state index contributed by atoms with van der Waals surface area (Å²) >= 11 is 0. The number of hydrogen-bond acceptors (Lipinski definition) is 2. The third kappa shape index (κ3) is 8.97. The lowest BCUT2D eigenvalue weighted by Crippen LogP contribution is -2.29. The largest absolute Gasteiger partial charge is 0.328 e. The molecule has 2 heteroatoms. The molecule has 0 heterocycles. The Hall–Kier alpha value is -0.0800. The Balaban J connectivity index is 0.000000204. The van der Waals surface area contributed by atoms with Crippen molar-refractivity contribution in [1.82, 2.24) is 5.32 Å². The number of hydrogen-bond donors (Lipinski definition) is 2. The summed E-state index contributed by atoms with van der Waals surface area (Å²) in [5, 5.41) is 3.32. The Labute approximate surface area is 127 Å². The Bertz CT molecular complexity index is 199. The molecular weight excluding hydrogens is 244 g/mol. The molecule has 2 rings (SSSR count). The van der Waals surface area contributed by atoms with Crippen molar-refractivity contribution in [2.24, 2.45) is 11.7 Å². The first-order chi connectivity index (χ1) is 9.72. The molecule has 2 saturated carbocycles. The van der Waals surface area contributed by atoms with E-state index in [1.807, 2.05) is 0 Å². The van der Waals surface area contributed by atoms with Gasteiger partial charge in [0.25, 0.3) is 0 Å². The smallest absolute Gasteiger partial charge is 0.00642 e. The predicted octanol–water partition coefficient (Wildman–Crippen LogP) is 4.62. The molecule has 0 saturated heterocycles. The molecule has 0 aromatic rings. The van der Waals surface area contributed by atoms with Crippen molar-refractivity contribution < 1.29 is 0 Å². The average molecular weight is 283 g/mol. The summed E-state index contributed by atoms with van der Waals surface area (Å²) in [5.74, 6) is 0.981. The van der Waals surface area contributed by atoms with Crippen LogP contribution in [0.5, 0.6) is 0 Å². The van der Waals surface area contributed by atoms with E-state index in [4.69, 9.17) is 5.73 Å². The van der Waals surface area contributed by atoms with Crippen molar-refractivity contribution in [2.75, 3.05) is 7.05 Å². The van der Waals surface area contributed by atoms with Crippen molar-refractivity contribution in [3.8, 4) is 0 Å². The van der Waals surface area contributed by atoms with Crippen molar-refractivity contribution in [3.63, 3.8) is 0 Å². The molecule has 2 aliphatic carbocycles. The van der Waals surface area contributed by atoms with Crippen molar-refractivity contribution >= 4 is 0 Å². The molecule has 0 atom stereocenters. The topological polar surface area (TPSA) is 38.0 Å². The van der Waals surface area contributed by atoms with Crippen LogP contribution >= 0.6 is 0 Å². The van der Waals surface area contributed by atoms with E-state index < -0.39 is 0 Å². The second kappa shape index (κ2) is 11.6. The first kappa shape index (κ1) is 18.0. The second-order valence-electron chi connectivity index (χ2n) is 7.06. The predicted molar refractivity (Wildman–Crippen MR) is 90.0 cm³/mol. The molecule has 0 amide bonds. The molecule has 0 spiro atoms. The molecule has 0 aromatic heterocycles. The van der Waals surface area contributed by atoms with Gasteiger partial charge in [0.05, 0.1) is 0 Å². The Kier molecular flexibility index (Phi) is 10.4. The minimum Gasteiger partial charge on any atom is -0.328 e. The van der Waals surface area contributed by atoms with E-state index in [1.165, 1.54) is 83.5 Å². The van der Waals surface area contributed by atoms with Gasteiger partial charge in [-0.3, -0.25) is 0 Å². The molecule has 20 heavy (non-hydrogen) atoms. The van der Waals surface area contributed by atoms with Crippen LogP contribution in [0.2, 0.25) is 0 Å². The molecule has 120 valence electrons. The minimum atomic E-state index is 0.507. The standard InChI is InChI=1S/C10H21N.C8H17N/c11-10-8-6-4-2-1-3-5-7-9-10;1-7-3-5-8(9-2)6-4-7/h10H,1-9,11H2;7-9H,3-6H2,1-2H3. The van der Waals surface area contributed by atoms with E-state index in [0.29, 0.717) is 6.04 Å². The number of rotatable bonds is 1. The van der Waals surface area contributed by atoms with Crippen LogP contribution in [-0.4, -0.2) is 19.1 Å². The monoisotopic (exact) mass is 282 g/mol. The summed E-state index contributed by atoms with van der Waals surface area (Å²) in [6.45, 7) is 2.35. The Morgan fingerprint density at radius 1 is 0.700 bits per heavy atom. The van der Waals surface area contributed by atoms with Crippen LogP contribution < -0.4 is 11.1 Å². The molecule has 0 unspecified atom stereocenters. The van der Waals surface area contributed by atoms with Gasteiger partial charge in [-0.15, -0.1) is 0 Å². The van der Waals surface area contributed by atoms with E-state index in [-0.39, 0.29) is 0 Å². The highest BCUT2D eigenvalue weighted by Gasteiger charge is 2.15. The second-order valence-corrected chi connectivity index (χ2v) is 7.06. The van der Waals surface area contributed by atoms with Gasteiger partial charge in [-0.1, -0.05) is 51.9 Å². The van der Waals surface area contributed by atoms with Crippen LogP contribution in [0, 0.1) is 5.92 Å².